The molecule has 0 saturated carbocycles. The van der Waals surface area contributed by atoms with Gasteiger partial charge in [0.2, 0.25) is 0 Å². The Kier molecular flexibility index (Phi) is 17.4. The quantitative estimate of drug-likeness (QED) is 0.183. The van der Waals surface area contributed by atoms with Crippen molar-refractivity contribution < 1.29 is 42.8 Å². The van der Waals surface area contributed by atoms with Gasteiger partial charge in [0.05, 0.1) is 97.4 Å². The van der Waals surface area contributed by atoms with E-state index in [-0.39, 0.29) is 5.69 Å². The van der Waals surface area contributed by atoms with E-state index in [0.717, 1.165) is 11.1 Å². The van der Waals surface area contributed by atoms with Crippen LogP contribution in [0.5, 0.6) is 5.75 Å². The Morgan fingerprint density at radius 2 is 1.26 bits per heavy atom. The summed E-state index contributed by atoms with van der Waals surface area (Å²) in [5.74, 6) is 0.715. The average Bonchev–Trinajstić information content (AvgIpc) is 3.00. The Bertz CT molecular complexity index is 1040. The lowest BCUT2D eigenvalue weighted by Gasteiger charge is -2.17. The number of para-hydroxylation sites is 1. The molecule has 3 rings (SSSR count). The van der Waals surface area contributed by atoms with Crippen molar-refractivity contribution in [2.75, 3.05) is 97.8 Å². The van der Waals surface area contributed by atoms with Gasteiger partial charge < -0.3 is 48.5 Å². The number of anilines is 1. The van der Waals surface area contributed by atoms with Crippen molar-refractivity contribution in [1.29, 1.82) is 0 Å². The first-order chi connectivity index (χ1) is 21.1. The van der Waals surface area contributed by atoms with Gasteiger partial charge in [-0.15, -0.1) is 0 Å². The van der Waals surface area contributed by atoms with E-state index >= 15 is 0 Å². The Morgan fingerprint density at radius 1 is 0.744 bits per heavy atom. The number of ether oxygens (including phenoxy) is 8. The summed E-state index contributed by atoms with van der Waals surface area (Å²) in [4.78, 5) is 10.3. The van der Waals surface area contributed by atoms with E-state index in [9.17, 15) is 10.1 Å². The van der Waals surface area contributed by atoms with Crippen LogP contribution in [0.2, 0.25) is 0 Å². The van der Waals surface area contributed by atoms with E-state index in [1.54, 1.807) is 12.1 Å². The minimum atomic E-state index is -0.450. The molecule has 2 N–H and O–H groups in total. The summed E-state index contributed by atoms with van der Waals surface area (Å²) in [6, 6.07) is 11.9. The normalized spacial score (nSPS) is 16.4. The monoisotopic (exact) mass is 623 g/mol. The fourth-order valence-corrected chi connectivity index (χ4v) is 4.02. The zero-order valence-corrected chi connectivity index (χ0v) is 25.1. The molecule has 0 unspecified atom stereocenters. The highest BCUT2D eigenvalue weighted by Crippen LogP contribution is 2.26. The lowest BCUT2D eigenvalue weighted by atomic mass is 10.1. The van der Waals surface area contributed by atoms with Crippen LogP contribution in [-0.2, 0) is 46.4 Å². The third kappa shape index (κ3) is 14.9. The molecule has 0 spiro atoms. The van der Waals surface area contributed by atoms with Gasteiger partial charge >= 0.3 is 0 Å². The summed E-state index contributed by atoms with van der Waals surface area (Å²) in [7, 11) is 0. The number of fused-ring (bicyclic) bond motifs is 2. The molecule has 1 heterocycles. The summed E-state index contributed by atoms with van der Waals surface area (Å²) in [5, 5.41) is 17.2. The maximum Gasteiger partial charge on any atom is 0.269 e. The van der Waals surface area contributed by atoms with E-state index < -0.39 is 4.92 Å². The second kappa shape index (κ2) is 21.7. The first-order valence-electron chi connectivity index (χ1n) is 14.2. The van der Waals surface area contributed by atoms with Gasteiger partial charge in [-0.3, -0.25) is 10.1 Å². The Labute approximate surface area is 257 Å². The Hall–Kier alpha value is -2.95. The third-order valence-electron chi connectivity index (χ3n) is 5.90. The van der Waals surface area contributed by atoms with Crippen molar-refractivity contribution in [2.24, 2.45) is 0 Å². The Morgan fingerprint density at radius 3 is 1.77 bits per heavy atom. The van der Waals surface area contributed by atoms with Crippen LogP contribution in [0.1, 0.15) is 11.1 Å². The van der Waals surface area contributed by atoms with Crippen LogP contribution < -0.4 is 15.4 Å². The maximum atomic E-state index is 10.8. The van der Waals surface area contributed by atoms with Crippen molar-refractivity contribution in [3.63, 3.8) is 0 Å². The molecule has 2 aromatic rings. The van der Waals surface area contributed by atoms with E-state index in [2.05, 4.69) is 10.6 Å². The number of nitro benzene ring substituents is 1. The molecular weight excluding hydrogens is 582 g/mol. The van der Waals surface area contributed by atoms with Crippen LogP contribution >= 0.6 is 12.2 Å². The molecule has 0 amide bonds. The molecule has 14 heteroatoms. The molecule has 1 aliphatic heterocycles. The zero-order chi connectivity index (χ0) is 30.4. The van der Waals surface area contributed by atoms with Gasteiger partial charge in [0, 0.05) is 35.5 Å². The predicted molar refractivity (Wildman–Crippen MR) is 163 cm³/mol. The highest BCUT2D eigenvalue weighted by atomic mass is 32.1. The first kappa shape index (κ1) is 34.5. The van der Waals surface area contributed by atoms with Gasteiger partial charge in [-0.25, -0.2) is 0 Å². The number of non-ortho nitro benzene ring substituents is 1. The van der Waals surface area contributed by atoms with Crippen molar-refractivity contribution in [1.82, 2.24) is 5.32 Å². The van der Waals surface area contributed by atoms with Crippen LogP contribution in [0, 0.1) is 10.1 Å². The molecule has 0 saturated heterocycles. The van der Waals surface area contributed by atoms with Crippen LogP contribution in [0.25, 0.3) is 0 Å². The number of thiocarbonyl (C=S) groups is 1. The topological polar surface area (TPSA) is 141 Å². The van der Waals surface area contributed by atoms with E-state index in [1.807, 2.05) is 18.2 Å². The molecule has 0 aliphatic carbocycles. The van der Waals surface area contributed by atoms with Gasteiger partial charge in [-0.2, -0.15) is 0 Å². The van der Waals surface area contributed by atoms with Gasteiger partial charge in [0.15, 0.2) is 5.11 Å². The lowest BCUT2D eigenvalue weighted by molar-refractivity contribution is -0.384. The number of rotatable bonds is 9. The van der Waals surface area contributed by atoms with E-state index in [0.29, 0.717) is 122 Å². The molecule has 43 heavy (non-hydrogen) atoms. The standard InChI is InChI=1S/C29H41N3O10S/c33-32(34)27-6-4-26(5-7-27)31-29(43)30-8-9-35-20-21-42-28-24-2-1-3-25(28)23-41-19-17-39-15-13-37-11-10-36-12-14-38-16-18-40-22-24/h1-7H,8-23H2,(H2,30,31,43). The molecule has 238 valence electrons. The summed E-state index contributed by atoms with van der Waals surface area (Å²) < 4.78 is 45.6. The van der Waals surface area contributed by atoms with Crippen molar-refractivity contribution in [2.45, 2.75) is 13.2 Å². The Balaban J connectivity index is 1.40. The number of nitrogens with one attached hydrogen (secondary N) is 2. The number of nitrogens with zero attached hydrogens (tertiary/aromatic N) is 1. The second-order valence-electron chi connectivity index (χ2n) is 9.11. The van der Waals surface area contributed by atoms with Crippen molar-refractivity contribution >= 4 is 28.7 Å². The molecule has 1 aliphatic rings. The van der Waals surface area contributed by atoms with Crippen LogP contribution in [-0.4, -0.2) is 102 Å². The number of hydrogen-bond acceptors (Lipinski definition) is 11. The molecule has 13 nitrogen and oxygen atoms in total. The van der Waals surface area contributed by atoms with Gasteiger partial charge in [0.25, 0.3) is 5.69 Å². The molecule has 2 bridgehead atoms. The maximum absolute atomic E-state index is 10.8. The zero-order valence-electron chi connectivity index (χ0n) is 24.3. The largest absolute Gasteiger partial charge is 0.490 e. The molecular formula is C29H41N3O10S. The van der Waals surface area contributed by atoms with Gasteiger partial charge in [-0.1, -0.05) is 18.2 Å². The summed E-state index contributed by atoms with van der Waals surface area (Å²) in [6.45, 7) is 7.15. The second-order valence-corrected chi connectivity index (χ2v) is 9.51. The highest BCUT2D eigenvalue weighted by Gasteiger charge is 2.11. The molecule has 0 radical (unpaired) electrons. The van der Waals surface area contributed by atoms with Crippen LogP contribution in [0.15, 0.2) is 42.5 Å². The SMILES string of the molecule is O=[N+]([O-])c1ccc(NC(=S)NCCOCCOc2c3cccc2COCCOCCOCCOCCOCCOC3)cc1. The highest BCUT2D eigenvalue weighted by molar-refractivity contribution is 7.80. The number of benzene rings is 2. The van der Waals surface area contributed by atoms with E-state index in [1.165, 1.54) is 12.1 Å². The molecule has 0 atom stereocenters. The predicted octanol–water partition coefficient (Wildman–Crippen LogP) is 3.09. The average molecular weight is 624 g/mol. The minimum Gasteiger partial charge on any atom is -0.490 e. The minimum absolute atomic E-state index is 0.0170. The fourth-order valence-electron chi connectivity index (χ4n) is 3.80. The molecule has 0 aromatic heterocycles. The van der Waals surface area contributed by atoms with Crippen molar-refractivity contribution in [3.8, 4) is 5.75 Å². The molecule has 2 aromatic carbocycles. The smallest absolute Gasteiger partial charge is 0.269 e. The van der Waals surface area contributed by atoms with Crippen molar-refractivity contribution in [3.05, 3.63) is 63.7 Å². The first-order valence-corrected chi connectivity index (χ1v) is 14.6. The molecule has 0 fully saturated rings. The fraction of sp³-hybridized carbons (Fsp3) is 0.552. The van der Waals surface area contributed by atoms with Crippen LogP contribution in [0.4, 0.5) is 11.4 Å². The number of hydrogen-bond donors (Lipinski definition) is 2. The van der Waals surface area contributed by atoms with Crippen LogP contribution in [0.3, 0.4) is 0 Å². The van der Waals surface area contributed by atoms with Gasteiger partial charge in [0.1, 0.15) is 12.4 Å². The lowest BCUT2D eigenvalue weighted by Crippen LogP contribution is -2.31. The summed E-state index contributed by atoms with van der Waals surface area (Å²) in [6.07, 6.45) is 0. The third-order valence-corrected chi connectivity index (χ3v) is 6.14. The number of nitro groups is 1. The van der Waals surface area contributed by atoms with E-state index in [4.69, 9.17) is 50.1 Å². The van der Waals surface area contributed by atoms with Gasteiger partial charge in [-0.05, 0) is 24.4 Å². The summed E-state index contributed by atoms with van der Waals surface area (Å²) >= 11 is 5.27. The summed E-state index contributed by atoms with van der Waals surface area (Å²) in [5.41, 5.74) is 2.49.